The van der Waals surface area contributed by atoms with E-state index in [9.17, 15) is 4.79 Å². The Morgan fingerprint density at radius 2 is 1.66 bits per heavy atom. The monoisotopic (exact) mass is 389 g/mol. The number of benzene rings is 3. The van der Waals surface area contributed by atoms with Crippen LogP contribution in [0, 0.1) is 20.8 Å². The average Bonchev–Trinajstić information content (AvgIpc) is 2.72. The van der Waals surface area contributed by atoms with Gasteiger partial charge in [0.05, 0.1) is 0 Å². The first-order chi connectivity index (χ1) is 13.9. The van der Waals surface area contributed by atoms with E-state index in [-0.39, 0.29) is 5.91 Å². The van der Waals surface area contributed by atoms with E-state index in [1.165, 1.54) is 0 Å². The topological polar surface area (TPSA) is 47.6 Å². The quantitative estimate of drug-likeness (QED) is 0.572. The van der Waals surface area contributed by atoms with Crippen LogP contribution in [-0.2, 0) is 11.4 Å². The molecule has 0 radical (unpaired) electrons. The molecule has 150 valence electrons. The second-order valence-corrected chi connectivity index (χ2v) is 7.25. The van der Waals surface area contributed by atoms with Crippen molar-refractivity contribution in [3.05, 3.63) is 89.0 Å². The van der Waals surface area contributed by atoms with Gasteiger partial charge in [-0.1, -0.05) is 36.4 Å². The molecule has 0 aliphatic heterocycles. The minimum atomic E-state index is -0.607. The number of carbonyl (C=O) groups is 1. The van der Waals surface area contributed by atoms with Crippen molar-refractivity contribution in [2.45, 2.75) is 40.4 Å². The standard InChI is InChI=1S/C25H27NO3/c1-17-14-18(2)19(3)24(15-17)29-20(4)25(27)26-22-10-12-23(13-11-22)28-16-21-8-6-5-7-9-21/h5-15,20H,16H2,1-4H3,(H,26,27)/t20-/m1/s1. The fraction of sp³-hybridized carbons (Fsp3) is 0.240. The van der Waals surface area contributed by atoms with Crippen LogP contribution in [0.15, 0.2) is 66.7 Å². The molecule has 1 amide bonds. The number of amides is 1. The Bertz CT molecular complexity index is 965. The highest BCUT2D eigenvalue weighted by Crippen LogP contribution is 2.25. The summed E-state index contributed by atoms with van der Waals surface area (Å²) in [4.78, 5) is 12.5. The maximum Gasteiger partial charge on any atom is 0.265 e. The maximum absolute atomic E-state index is 12.5. The summed E-state index contributed by atoms with van der Waals surface area (Å²) in [7, 11) is 0. The van der Waals surface area contributed by atoms with Crippen LogP contribution in [-0.4, -0.2) is 12.0 Å². The number of ether oxygens (including phenoxy) is 2. The van der Waals surface area contributed by atoms with E-state index in [1.54, 1.807) is 6.92 Å². The summed E-state index contributed by atoms with van der Waals surface area (Å²) < 4.78 is 11.7. The molecule has 4 heteroatoms. The van der Waals surface area contributed by atoms with Crippen molar-refractivity contribution in [1.82, 2.24) is 0 Å². The molecule has 0 heterocycles. The number of anilines is 1. The van der Waals surface area contributed by atoms with Crippen molar-refractivity contribution >= 4 is 11.6 Å². The summed E-state index contributed by atoms with van der Waals surface area (Å²) in [6, 6.07) is 21.4. The molecule has 0 spiro atoms. The molecule has 0 aliphatic carbocycles. The van der Waals surface area contributed by atoms with Gasteiger partial charge in [-0.15, -0.1) is 0 Å². The summed E-state index contributed by atoms with van der Waals surface area (Å²) in [5, 5.41) is 2.89. The van der Waals surface area contributed by atoms with Crippen molar-refractivity contribution in [3.8, 4) is 11.5 Å². The van der Waals surface area contributed by atoms with Crippen molar-refractivity contribution in [2.75, 3.05) is 5.32 Å². The Kier molecular flexibility index (Phi) is 6.55. The van der Waals surface area contributed by atoms with Crippen LogP contribution in [0.5, 0.6) is 11.5 Å². The number of rotatable bonds is 7. The van der Waals surface area contributed by atoms with Gasteiger partial charge >= 0.3 is 0 Å². The highest BCUT2D eigenvalue weighted by Gasteiger charge is 2.16. The first-order valence-corrected chi connectivity index (χ1v) is 9.74. The van der Waals surface area contributed by atoms with Crippen LogP contribution in [0.2, 0.25) is 0 Å². The summed E-state index contributed by atoms with van der Waals surface area (Å²) in [5.41, 5.74) is 5.13. The third kappa shape index (κ3) is 5.61. The zero-order valence-electron chi connectivity index (χ0n) is 17.4. The number of nitrogens with one attached hydrogen (secondary N) is 1. The lowest BCUT2D eigenvalue weighted by atomic mass is 10.1. The predicted molar refractivity (Wildman–Crippen MR) is 117 cm³/mol. The molecule has 29 heavy (non-hydrogen) atoms. The van der Waals surface area contributed by atoms with Gasteiger partial charge in [-0.3, -0.25) is 4.79 Å². The first kappa shape index (κ1) is 20.5. The minimum Gasteiger partial charge on any atom is -0.489 e. The molecule has 3 rings (SSSR count). The summed E-state index contributed by atoms with van der Waals surface area (Å²) in [6.07, 6.45) is -0.607. The molecule has 0 bridgehead atoms. The normalized spacial score (nSPS) is 11.6. The molecule has 1 N–H and O–H groups in total. The molecule has 0 aliphatic rings. The van der Waals surface area contributed by atoms with Crippen molar-refractivity contribution < 1.29 is 14.3 Å². The lowest BCUT2D eigenvalue weighted by molar-refractivity contribution is -0.122. The first-order valence-electron chi connectivity index (χ1n) is 9.74. The van der Waals surface area contributed by atoms with Gasteiger partial charge in [0.15, 0.2) is 6.10 Å². The summed E-state index contributed by atoms with van der Waals surface area (Å²) in [6.45, 7) is 8.33. The van der Waals surface area contributed by atoms with Gasteiger partial charge in [-0.2, -0.15) is 0 Å². The Morgan fingerprint density at radius 1 is 0.966 bits per heavy atom. The van der Waals surface area contributed by atoms with Crippen molar-refractivity contribution in [1.29, 1.82) is 0 Å². The van der Waals surface area contributed by atoms with Crippen LogP contribution < -0.4 is 14.8 Å². The lowest BCUT2D eigenvalue weighted by Crippen LogP contribution is -2.30. The van der Waals surface area contributed by atoms with Gasteiger partial charge < -0.3 is 14.8 Å². The molecular formula is C25H27NO3. The highest BCUT2D eigenvalue weighted by atomic mass is 16.5. The molecule has 0 saturated heterocycles. The van der Waals surface area contributed by atoms with E-state index in [1.807, 2.05) is 81.4 Å². The third-order valence-electron chi connectivity index (χ3n) is 4.81. The molecule has 3 aromatic carbocycles. The molecule has 0 fully saturated rings. The molecule has 0 saturated carbocycles. The van der Waals surface area contributed by atoms with Gasteiger partial charge in [0.2, 0.25) is 0 Å². The predicted octanol–water partition coefficient (Wildman–Crippen LogP) is 5.60. The van der Waals surface area contributed by atoms with E-state index in [0.29, 0.717) is 12.3 Å². The maximum atomic E-state index is 12.5. The van der Waals surface area contributed by atoms with Gasteiger partial charge in [0, 0.05) is 5.69 Å². The van der Waals surface area contributed by atoms with Gasteiger partial charge in [0.1, 0.15) is 18.1 Å². The van der Waals surface area contributed by atoms with Gasteiger partial charge in [-0.25, -0.2) is 0 Å². The van der Waals surface area contributed by atoms with Crippen LogP contribution in [0.4, 0.5) is 5.69 Å². The Labute approximate surface area is 172 Å². The summed E-state index contributed by atoms with van der Waals surface area (Å²) >= 11 is 0. The van der Waals surface area contributed by atoms with Crippen LogP contribution in [0.1, 0.15) is 29.2 Å². The fourth-order valence-electron chi connectivity index (χ4n) is 2.99. The summed E-state index contributed by atoms with van der Waals surface area (Å²) in [5.74, 6) is 1.30. The van der Waals surface area contributed by atoms with Crippen LogP contribution in [0.25, 0.3) is 0 Å². The number of hydrogen-bond donors (Lipinski definition) is 1. The second-order valence-electron chi connectivity index (χ2n) is 7.25. The van der Waals surface area contributed by atoms with Crippen molar-refractivity contribution in [2.24, 2.45) is 0 Å². The Hall–Kier alpha value is -3.27. The molecule has 4 nitrogen and oxygen atoms in total. The van der Waals surface area contributed by atoms with Gasteiger partial charge in [-0.05, 0) is 80.3 Å². The SMILES string of the molecule is Cc1cc(C)c(C)c(O[C@H](C)C(=O)Nc2ccc(OCc3ccccc3)cc2)c1. The van der Waals surface area contributed by atoms with E-state index in [4.69, 9.17) is 9.47 Å². The van der Waals surface area contributed by atoms with E-state index in [0.717, 1.165) is 33.8 Å². The highest BCUT2D eigenvalue weighted by molar-refractivity contribution is 5.94. The molecule has 3 aromatic rings. The molecule has 0 unspecified atom stereocenters. The average molecular weight is 389 g/mol. The van der Waals surface area contributed by atoms with Crippen LogP contribution >= 0.6 is 0 Å². The largest absolute Gasteiger partial charge is 0.489 e. The van der Waals surface area contributed by atoms with E-state index >= 15 is 0 Å². The minimum absolute atomic E-state index is 0.193. The van der Waals surface area contributed by atoms with Gasteiger partial charge in [0.25, 0.3) is 5.91 Å². The molecule has 0 aromatic heterocycles. The lowest BCUT2D eigenvalue weighted by Gasteiger charge is -2.18. The zero-order valence-corrected chi connectivity index (χ0v) is 17.4. The number of carbonyl (C=O) groups excluding carboxylic acids is 1. The number of aryl methyl sites for hydroxylation is 2. The van der Waals surface area contributed by atoms with E-state index < -0.39 is 6.10 Å². The molecular weight excluding hydrogens is 362 g/mol. The number of hydrogen-bond acceptors (Lipinski definition) is 3. The van der Waals surface area contributed by atoms with E-state index in [2.05, 4.69) is 11.4 Å². The Morgan fingerprint density at radius 3 is 2.34 bits per heavy atom. The fourth-order valence-corrected chi connectivity index (χ4v) is 2.99. The van der Waals surface area contributed by atoms with Crippen molar-refractivity contribution in [3.63, 3.8) is 0 Å². The molecule has 1 atom stereocenters. The third-order valence-corrected chi connectivity index (χ3v) is 4.81. The Balaban J connectivity index is 1.56. The van der Waals surface area contributed by atoms with Crippen LogP contribution in [0.3, 0.4) is 0 Å². The second kappa shape index (κ2) is 9.28. The zero-order chi connectivity index (χ0) is 20.8. The smallest absolute Gasteiger partial charge is 0.265 e.